The monoisotopic (exact) mass is 488 g/mol. The lowest BCUT2D eigenvalue weighted by molar-refractivity contribution is 0.0950. The fourth-order valence-corrected chi connectivity index (χ4v) is 6.79. The van der Waals surface area contributed by atoms with Gasteiger partial charge in [0.05, 0.1) is 10.5 Å². The smallest absolute Gasteiger partial charge is 0.252 e. The summed E-state index contributed by atoms with van der Waals surface area (Å²) in [6, 6.07) is 6.43. The van der Waals surface area contributed by atoms with E-state index in [1.54, 1.807) is 6.07 Å². The molecular weight excluding hydrogens is 452 g/mol. The fraction of sp³-hybridized carbons (Fsp3) is 0.600. The van der Waals surface area contributed by atoms with Gasteiger partial charge in [-0.05, 0) is 69.7 Å². The highest BCUT2D eigenvalue weighted by atomic mass is 32.2. The third kappa shape index (κ3) is 5.53. The Labute approximate surface area is 201 Å². The summed E-state index contributed by atoms with van der Waals surface area (Å²) in [5, 5.41) is 3.36. The van der Waals surface area contributed by atoms with Crippen LogP contribution < -0.4 is 10.9 Å². The molecule has 3 heterocycles. The van der Waals surface area contributed by atoms with Crippen molar-refractivity contribution in [2.24, 2.45) is 5.92 Å². The number of fused-ring (bicyclic) bond motifs is 1. The van der Waals surface area contributed by atoms with E-state index in [4.69, 9.17) is 0 Å². The van der Waals surface area contributed by atoms with Crippen LogP contribution in [0.2, 0.25) is 0 Å². The van der Waals surface area contributed by atoms with Crippen molar-refractivity contribution >= 4 is 26.8 Å². The molecule has 2 saturated heterocycles. The highest BCUT2D eigenvalue weighted by Gasteiger charge is 2.29. The number of rotatable bonds is 7. The molecule has 186 valence electrons. The zero-order valence-corrected chi connectivity index (χ0v) is 21.0. The Balaban J connectivity index is 1.51. The molecule has 2 fully saturated rings. The van der Waals surface area contributed by atoms with E-state index in [0.717, 1.165) is 32.4 Å². The number of amides is 1. The van der Waals surface area contributed by atoms with Crippen molar-refractivity contribution < 1.29 is 13.2 Å². The van der Waals surface area contributed by atoms with Gasteiger partial charge in [-0.25, -0.2) is 8.42 Å². The predicted octanol–water partition coefficient (Wildman–Crippen LogP) is 2.94. The van der Waals surface area contributed by atoms with Crippen LogP contribution in [-0.4, -0.2) is 67.3 Å². The van der Waals surface area contributed by atoms with E-state index in [1.807, 2.05) is 0 Å². The van der Waals surface area contributed by atoms with Crippen molar-refractivity contribution in [1.29, 1.82) is 0 Å². The predicted molar refractivity (Wildman–Crippen MR) is 134 cm³/mol. The van der Waals surface area contributed by atoms with E-state index >= 15 is 0 Å². The molecule has 9 heteroatoms. The van der Waals surface area contributed by atoms with Gasteiger partial charge < -0.3 is 15.2 Å². The number of nitrogens with zero attached hydrogens (tertiary/aromatic N) is 2. The first kappa shape index (κ1) is 24.9. The van der Waals surface area contributed by atoms with Crippen LogP contribution in [0.1, 0.15) is 62.7 Å². The summed E-state index contributed by atoms with van der Waals surface area (Å²) in [6.07, 6.45) is 6.39. The Kier molecular flexibility index (Phi) is 7.74. The van der Waals surface area contributed by atoms with Gasteiger partial charge in [0.15, 0.2) is 0 Å². The average Bonchev–Trinajstić information content (AvgIpc) is 2.82. The number of pyridine rings is 1. The number of benzene rings is 1. The van der Waals surface area contributed by atoms with Gasteiger partial charge in [-0.2, -0.15) is 4.31 Å². The van der Waals surface area contributed by atoms with Crippen LogP contribution in [0.4, 0.5) is 0 Å². The van der Waals surface area contributed by atoms with Crippen molar-refractivity contribution in [1.82, 2.24) is 19.5 Å². The average molecular weight is 489 g/mol. The number of aromatic nitrogens is 1. The van der Waals surface area contributed by atoms with E-state index in [0.29, 0.717) is 42.5 Å². The summed E-state index contributed by atoms with van der Waals surface area (Å²) >= 11 is 0. The van der Waals surface area contributed by atoms with Gasteiger partial charge in [0.2, 0.25) is 15.6 Å². The van der Waals surface area contributed by atoms with Gasteiger partial charge in [0.25, 0.3) is 5.91 Å². The fourth-order valence-electron chi connectivity index (χ4n) is 5.16. The van der Waals surface area contributed by atoms with Crippen LogP contribution in [0.15, 0.2) is 34.0 Å². The summed E-state index contributed by atoms with van der Waals surface area (Å²) in [5.74, 6) is -0.0430. The van der Waals surface area contributed by atoms with Crippen molar-refractivity contribution in [3.05, 3.63) is 40.2 Å². The summed E-state index contributed by atoms with van der Waals surface area (Å²) in [7, 11) is -3.67. The normalized spacial score (nSPS) is 22.6. The van der Waals surface area contributed by atoms with E-state index in [9.17, 15) is 18.0 Å². The van der Waals surface area contributed by atoms with Gasteiger partial charge >= 0.3 is 0 Å². The van der Waals surface area contributed by atoms with E-state index < -0.39 is 10.0 Å². The molecule has 34 heavy (non-hydrogen) atoms. The second kappa shape index (κ2) is 10.6. The molecule has 0 radical (unpaired) electrons. The number of hydrogen-bond donors (Lipinski definition) is 2. The molecule has 2 aliphatic heterocycles. The van der Waals surface area contributed by atoms with Crippen LogP contribution in [0.25, 0.3) is 10.9 Å². The van der Waals surface area contributed by atoms with Crippen LogP contribution in [0, 0.1) is 5.92 Å². The molecule has 0 unspecified atom stereocenters. The van der Waals surface area contributed by atoms with Crippen molar-refractivity contribution in [2.75, 3.05) is 32.7 Å². The topological polar surface area (TPSA) is 103 Å². The number of piperidine rings is 2. The van der Waals surface area contributed by atoms with Gasteiger partial charge in [-0.1, -0.05) is 13.3 Å². The molecule has 2 N–H and O–H groups in total. The lowest BCUT2D eigenvalue weighted by atomic mass is 10.0. The summed E-state index contributed by atoms with van der Waals surface area (Å²) in [5.41, 5.74) is 0.264. The minimum Gasteiger partial charge on any atom is -0.352 e. The molecule has 1 aromatic heterocycles. The molecule has 2 aromatic rings. The molecule has 0 aliphatic carbocycles. The maximum Gasteiger partial charge on any atom is 0.252 e. The van der Waals surface area contributed by atoms with Gasteiger partial charge in [0.1, 0.15) is 0 Å². The van der Waals surface area contributed by atoms with Crippen molar-refractivity contribution in [3.8, 4) is 0 Å². The van der Waals surface area contributed by atoms with E-state index in [1.165, 1.54) is 41.8 Å². The summed E-state index contributed by atoms with van der Waals surface area (Å²) < 4.78 is 28.0. The maximum atomic E-state index is 13.3. The SMILES string of the molecule is C[C@@H]1CCCN(S(=O)(=O)c2ccc3[nH]c(=O)cc(C(=O)NCCCN4CCCC[C@H]4C)c3c2)C1. The second-order valence-electron chi connectivity index (χ2n) is 9.86. The first-order valence-electron chi connectivity index (χ1n) is 12.4. The number of sulfonamides is 1. The van der Waals surface area contributed by atoms with Crippen molar-refractivity contribution in [3.63, 3.8) is 0 Å². The number of hydrogen-bond acceptors (Lipinski definition) is 5. The number of likely N-dealkylation sites (tertiary alicyclic amines) is 1. The lowest BCUT2D eigenvalue weighted by Gasteiger charge is -2.33. The van der Waals surface area contributed by atoms with Gasteiger partial charge in [-0.15, -0.1) is 0 Å². The Morgan fingerprint density at radius 3 is 2.71 bits per heavy atom. The summed E-state index contributed by atoms with van der Waals surface area (Å²) in [6.45, 7) is 7.82. The number of nitrogens with one attached hydrogen (secondary N) is 2. The van der Waals surface area contributed by atoms with Crippen LogP contribution in [0.3, 0.4) is 0 Å². The largest absolute Gasteiger partial charge is 0.352 e. The minimum absolute atomic E-state index is 0.147. The first-order valence-corrected chi connectivity index (χ1v) is 13.9. The lowest BCUT2D eigenvalue weighted by Crippen LogP contribution is -2.39. The third-order valence-corrected chi connectivity index (χ3v) is 9.03. The number of aromatic amines is 1. The Hall–Kier alpha value is -2.23. The first-order chi connectivity index (χ1) is 16.3. The molecule has 1 aromatic carbocycles. The minimum atomic E-state index is -3.67. The molecule has 2 aliphatic rings. The molecule has 0 bridgehead atoms. The molecule has 0 spiro atoms. The standard InChI is InChI=1S/C25H36N4O4S/c1-18-7-5-14-29(17-18)34(32,33)20-9-10-23-21(15-20)22(16-24(30)27-23)25(31)26-11-6-13-28-12-4-3-8-19(28)2/h9-10,15-16,18-19H,3-8,11-14,17H2,1-2H3,(H,26,31)(H,27,30)/t18-,19-/m1/s1. The van der Waals surface area contributed by atoms with Crippen LogP contribution >= 0.6 is 0 Å². The molecule has 8 nitrogen and oxygen atoms in total. The number of carbonyl (C=O) groups is 1. The molecule has 1 amide bonds. The quantitative estimate of drug-likeness (QED) is 0.584. The summed E-state index contributed by atoms with van der Waals surface area (Å²) in [4.78, 5) is 30.5. The Bertz CT molecular complexity index is 1190. The van der Waals surface area contributed by atoms with Crippen LogP contribution in [-0.2, 0) is 10.0 Å². The van der Waals surface area contributed by atoms with E-state index in [2.05, 4.69) is 29.0 Å². The zero-order valence-electron chi connectivity index (χ0n) is 20.2. The molecule has 2 atom stereocenters. The molecule has 0 saturated carbocycles. The second-order valence-corrected chi connectivity index (χ2v) is 11.8. The highest BCUT2D eigenvalue weighted by molar-refractivity contribution is 7.89. The number of carbonyl (C=O) groups excluding carboxylic acids is 1. The highest BCUT2D eigenvalue weighted by Crippen LogP contribution is 2.26. The number of H-pyrrole nitrogens is 1. The zero-order chi connectivity index (χ0) is 24.3. The van der Waals surface area contributed by atoms with Gasteiger partial charge in [-0.3, -0.25) is 9.59 Å². The molecular formula is C25H36N4O4S. The van der Waals surface area contributed by atoms with Gasteiger partial charge in [0, 0.05) is 49.2 Å². The Morgan fingerprint density at radius 2 is 1.94 bits per heavy atom. The maximum absolute atomic E-state index is 13.3. The molecule has 4 rings (SSSR count). The Morgan fingerprint density at radius 1 is 1.12 bits per heavy atom. The van der Waals surface area contributed by atoms with E-state index in [-0.39, 0.29) is 21.9 Å². The van der Waals surface area contributed by atoms with Crippen LogP contribution in [0.5, 0.6) is 0 Å². The third-order valence-electron chi connectivity index (χ3n) is 7.16. The van der Waals surface area contributed by atoms with Crippen molar-refractivity contribution in [2.45, 2.75) is 63.3 Å².